The van der Waals surface area contributed by atoms with Crippen LogP contribution in [0.2, 0.25) is 0 Å². The van der Waals surface area contributed by atoms with Crippen molar-refractivity contribution in [3.63, 3.8) is 0 Å². The molecular weight excluding hydrogens is 162 g/mol. The van der Waals surface area contributed by atoms with E-state index in [0.29, 0.717) is 6.04 Å². The number of ether oxygens (including phenoxy) is 1. The van der Waals surface area contributed by atoms with Crippen molar-refractivity contribution in [1.82, 2.24) is 5.32 Å². The Morgan fingerprint density at radius 2 is 2.62 bits per heavy atom. The van der Waals surface area contributed by atoms with Crippen molar-refractivity contribution in [2.24, 2.45) is 0 Å². The summed E-state index contributed by atoms with van der Waals surface area (Å²) < 4.78 is 5.36. The van der Waals surface area contributed by atoms with Gasteiger partial charge in [0.05, 0.1) is 13.2 Å². The molecule has 0 aromatic heterocycles. The maximum atomic E-state index is 5.36. The first-order valence-corrected chi connectivity index (χ1v) is 4.73. The maximum absolute atomic E-state index is 5.36. The van der Waals surface area contributed by atoms with Crippen molar-refractivity contribution in [3.05, 3.63) is 11.6 Å². The summed E-state index contributed by atoms with van der Waals surface area (Å²) in [6.45, 7) is 4.74. The van der Waals surface area contributed by atoms with E-state index in [9.17, 15) is 0 Å². The lowest BCUT2D eigenvalue weighted by Crippen LogP contribution is -2.41. The summed E-state index contributed by atoms with van der Waals surface area (Å²) in [5.74, 6) is 2.61. The van der Waals surface area contributed by atoms with Gasteiger partial charge in [-0.2, -0.15) is 0 Å². The van der Waals surface area contributed by atoms with E-state index >= 15 is 0 Å². The van der Waals surface area contributed by atoms with Gasteiger partial charge < -0.3 is 10.1 Å². The van der Waals surface area contributed by atoms with Crippen molar-refractivity contribution >= 4 is 0 Å². The van der Waals surface area contributed by atoms with Gasteiger partial charge in [0.1, 0.15) is 0 Å². The fraction of sp³-hybridized carbons (Fsp3) is 0.636. The molecule has 2 nitrogen and oxygen atoms in total. The van der Waals surface area contributed by atoms with E-state index in [-0.39, 0.29) is 0 Å². The lowest BCUT2D eigenvalue weighted by atomic mass is 10.1. The Bertz CT molecular complexity index is 209. The first-order valence-electron chi connectivity index (χ1n) is 4.73. The van der Waals surface area contributed by atoms with E-state index < -0.39 is 0 Å². The van der Waals surface area contributed by atoms with E-state index in [2.05, 4.69) is 24.2 Å². The van der Waals surface area contributed by atoms with Gasteiger partial charge in [-0.1, -0.05) is 11.6 Å². The predicted molar refractivity (Wildman–Crippen MR) is 54.4 cm³/mol. The number of hydrogen-bond donors (Lipinski definition) is 1. The van der Waals surface area contributed by atoms with Crippen molar-refractivity contribution in [2.45, 2.75) is 25.8 Å². The van der Waals surface area contributed by atoms with Crippen LogP contribution in [-0.2, 0) is 4.74 Å². The van der Waals surface area contributed by atoms with Gasteiger partial charge in [-0.3, -0.25) is 0 Å². The normalized spacial score (nSPS) is 24.0. The number of terminal acetylenes is 1. The van der Waals surface area contributed by atoms with Gasteiger partial charge in [-0.25, -0.2) is 0 Å². The number of rotatable bonds is 3. The third kappa shape index (κ3) is 4.12. The Hall–Kier alpha value is -0.780. The maximum Gasteiger partial charge on any atom is 0.0623 e. The topological polar surface area (TPSA) is 21.3 Å². The summed E-state index contributed by atoms with van der Waals surface area (Å²) in [4.78, 5) is 0. The zero-order valence-electron chi connectivity index (χ0n) is 8.18. The average molecular weight is 179 g/mol. The molecular formula is C11H17NO. The van der Waals surface area contributed by atoms with Crippen LogP contribution in [0, 0.1) is 12.3 Å². The molecule has 13 heavy (non-hydrogen) atoms. The molecule has 0 aliphatic carbocycles. The molecule has 2 heteroatoms. The first-order chi connectivity index (χ1) is 6.33. The summed E-state index contributed by atoms with van der Waals surface area (Å²) in [5, 5.41) is 3.41. The van der Waals surface area contributed by atoms with Crippen LogP contribution in [-0.4, -0.2) is 25.8 Å². The summed E-state index contributed by atoms with van der Waals surface area (Å²) in [6, 6.07) is 0.475. The van der Waals surface area contributed by atoms with Crippen LogP contribution < -0.4 is 5.32 Å². The molecule has 1 atom stereocenters. The minimum atomic E-state index is 0.475. The Balaban J connectivity index is 2.26. The number of morpholine rings is 1. The molecule has 0 aromatic carbocycles. The molecule has 0 radical (unpaired) electrons. The second-order valence-electron chi connectivity index (χ2n) is 3.39. The first kappa shape index (κ1) is 10.3. The number of hydrogen-bond acceptors (Lipinski definition) is 2. The average Bonchev–Trinajstić information content (AvgIpc) is 2.16. The largest absolute Gasteiger partial charge is 0.379 e. The van der Waals surface area contributed by atoms with Gasteiger partial charge in [-0.05, 0) is 13.3 Å². The van der Waals surface area contributed by atoms with Gasteiger partial charge in [0.15, 0.2) is 0 Å². The second kappa shape index (κ2) is 5.80. The molecule has 0 spiro atoms. The number of nitrogens with one attached hydrogen (secondary N) is 1. The van der Waals surface area contributed by atoms with E-state index in [4.69, 9.17) is 11.2 Å². The highest BCUT2D eigenvalue weighted by atomic mass is 16.5. The van der Waals surface area contributed by atoms with Crippen LogP contribution in [0.15, 0.2) is 11.6 Å². The molecule has 0 saturated carbocycles. The highest BCUT2D eigenvalue weighted by molar-refractivity contribution is 5.06. The molecule has 1 rings (SSSR count). The van der Waals surface area contributed by atoms with Crippen molar-refractivity contribution in [3.8, 4) is 12.3 Å². The van der Waals surface area contributed by atoms with Gasteiger partial charge in [0.2, 0.25) is 0 Å². The molecule has 0 bridgehead atoms. The standard InChI is InChI=1S/C11H17NO/c1-3-4-5-10(2)8-11-9-13-7-6-12-11/h1,5,11-12H,4,6-9H2,2H3. The van der Waals surface area contributed by atoms with Crippen LogP contribution in [0.3, 0.4) is 0 Å². The zero-order chi connectivity index (χ0) is 9.52. The van der Waals surface area contributed by atoms with E-state index in [1.807, 2.05) is 0 Å². The molecule has 1 aliphatic rings. The van der Waals surface area contributed by atoms with Crippen LogP contribution >= 0.6 is 0 Å². The fourth-order valence-electron chi connectivity index (χ4n) is 1.46. The van der Waals surface area contributed by atoms with Gasteiger partial charge >= 0.3 is 0 Å². The van der Waals surface area contributed by atoms with Crippen molar-refractivity contribution in [2.75, 3.05) is 19.8 Å². The summed E-state index contributed by atoms with van der Waals surface area (Å²) in [5.41, 5.74) is 1.35. The van der Waals surface area contributed by atoms with Crippen molar-refractivity contribution < 1.29 is 4.74 Å². The molecule has 0 aromatic rings. The summed E-state index contributed by atoms with van der Waals surface area (Å²) in [7, 11) is 0. The molecule has 72 valence electrons. The van der Waals surface area contributed by atoms with Gasteiger partial charge in [0.25, 0.3) is 0 Å². The molecule has 1 N–H and O–H groups in total. The molecule has 1 aliphatic heterocycles. The van der Waals surface area contributed by atoms with Crippen LogP contribution in [0.25, 0.3) is 0 Å². The second-order valence-corrected chi connectivity index (χ2v) is 3.39. The Morgan fingerprint density at radius 1 is 1.77 bits per heavy atom. The van der Waals surface area contributed by atoms with Gasteiger partial charge in [0, 0.05) is 19.0 Å². The third-order valence-corrected chi connectivity index (χ3v) is 2.14. The highest BCUT2D eigenvalue weighted by Crippen LogP contribution is 2.07. The zero-order valence-corrected chi connectivity index (χ0v) is 8.18. The predicted octanol–water partition coefficient (Wildman–Crippen LogP) is 1.33. The Labute approximate surface area is 80.4 Å². The van der Waals surface area contributed by atoms with Crippen LogP contribution in [0.4, 0.5) is 0 Å². The smallest absolute Gasteiger partial charge is 0.0623 e. The van der Waals surface area contributed by atoms with E-state index in [1.165, 1.54) is 5.57 Å². The highest BCUT2D eigenvalue weighted by Gasteiger charge is 2.12. The van der Waals surface area contributed by atoms with E-state index in [0.717, 1.165) is 32.6 Å². The quantitative estimate of drug-likeness (QED) is 0.521. The SMILES string of the molecule is C#CCC=C(C)CC1COCCN1. The monoisotopic (exact) mass is 179 g/mol. The lowest BCUT2D eigenvalue weighted by molar-refractivity contribution is 0.0770. The third-order valence-electron chi connectivity index (χ3n) is 2.14. The molecule has 1 unspecified atom stereocenters. The lowest BCUT2D eigenvalue weighted by Gasteiger charge is -2.23. The van der Waals surface area contributed by atoms with E-state index in [1.54, 1.807) is 0 Å². The molecule has 0 amide bonds. The summed E-state index contributed by atoms with van der Waals surface area (Å²) in [6.07, 6.45) is 9.06. The molecule has 1 heterocycles. The minimum absolute atomic E-state index is 0.475. The fourth-order valence-corrected chi connectivity index (χ4v) is 1.46. The molecule has 1 fully saturated rings. The Morgan fingerprint density at radius 3 is 3.23 bits per heavy atom. The van der Waals surface area contributed by atoms with Gasteiger partial charge in [-0.15, -0.1) is 12.3 Å². The van der Waals surface area contributed by atoms with Crippen LogP contribution in [0.5, 0.6) is 0 Å². The van der Waals surface area contributed by atoms with Crippen LogP contribution in [0.1, 0.15) is 19.8 Å². The minimum Gasteiger partial charge on any atom is -0.379 e. The van der Waals surface area contributed by atoms with Crippen molar-refractivity contribution in [1.29, 1.82) is 0 Å². The summed E-state index contributed by atoms with van der Waals surface area (Å²) >= 11 is 0. The Kier molecular flexibility index (Phi) is 4.59. The number of allylic oxidation sites excluding steroid dienone is 1. The molecule has 1 saturated heterocycles.